The first-order valence-corrected chi connectivity index (χ1v) is 7.70. The Kier molecular flexibility index (Phi) is 4.59. The van der Waals surface area contributed by atoms with Crippen molar-refractivity contribution in [3.63, 3.8) is 0 Å². The van der Waals surface area contributed by atoms with Gasteiger partial charge in [-0.1, -0.05) is 0 Å². The number of imide groups is 1. The number of rotatable bonds is 5. The number of nitrogens with one attached hydrogen (secondary N) is 2. The van der Waals surface area contributed by atoms with Gasteiger partial charge in [0.15, 0.2) is 0 Å². The molecule has 0 atom stereocenters. The molecule has 3 N–H and O–H groups in total. The average Bonchev–Trinajstić information content (AvgIpc) is 2.84. The molecule has 1 fully saturated rings. The Bertz CT molecular complexity index is 621. The first kappa shape index (κ1) is 15.5. The van der Waals surface area contributed by atoms with Gasteiger partial charge in [-0.3, -0.25) is 14.5 Å². The topological polar surface area (TPSA) is 84.9 Å². The number of anilines is 2. The van der Waals surface area contributed by atoms with Gasteiger partial charge in [-0.15, -0.1) is 0 Å². The van der Waals surface area contributed by atoms with Crippen molar-refractivity contribution >= 4 is 23.2 Å². The highest BCUT2D eigenvalue weighted by Gasteiger charge is 2.30. The molecule has 7 heteroatoms. The maximum Gasteiger partial charge on any atom is 0.277 e. The second-order valence-electron chi connectivity index (χ2n) is 5.49. The van der Waals surface area contributed by atoms with Crippen molar-refractivity contribution in [2.45, 2.75) is 0 Å². The average molecular weight is 316 g/mol. The molecule has 2 amide bonds. The number of hydrogen-bond acceptors (Lipinski definition) is 6. The zero-order valence-corrected chi connectivity index (χ0v) is 12.8. The molecule has 0 unspecified atom stereocenters. The lowest BCUT2D eigenvalue weighted by Crippen LogP contribution is -2.43. The van der Waals surface area contributed by atoms with Gasteiger partial charge in [0.1, 0.15) is 5.70 Å². The quantitative estimate of drug-likeness (QED) is 0.650. The third kappa shape index (κ3) is 3.35. The summed E-state index contributed by atoms with van der Waals surface area (Å²) in [5.74, 6) is -0.806. The highest BCUT2D eigenvalue weighted by Crippen LogP contribution is 2.21. The molecule has 0 radical (unpaired) electrons. The Balaban J connectivity index is 1.65. The molecule has 0 spiro atoms. The summed E-state index contributed by atoms with van der Waals surface area (Å²) in [6.45, 7) is 3.68. The van der Waals surface area contributed by atoms with E-state index in [-0.39, 0.29) is 18.8 Å². The zero-order chi connectivity index (χ0) is 16.2. The van der Waals surface area contributed by atoms with E-state index in [0.717, 1.165) is 42.5 Å². The predicted octanol–water partition coefficient (Wildman–Crippen LogP) is -0.247. The van der Waals surface area contributed by atoms with Gasteiger partial charge in [-0.25, -0.2) is 0 Å². The molecule has 2 heterocycles. The van der Waals surface area contributed by atoms with E-state index >= 15 is 0 Å². The molecule has 0 saturated carbocycles. The van der Waals surface area contributed by atoms with Gasteiger partial charge in [-0.2, -0.15) is 0 Å². The number of nitrogens with zero attached hydrogens (tertiary/aromatic N) is 2. The summed E-state index contributed by atoms with van der Waals surface area (Å²) < 4.78 is 0. The summed E-state index contributed by atoms with van der Waals surface area (Å²) in [5, 5.41) is 15.2. The molecule has 2 aliphatic heterocycles. The van der Waals surface area contributed by atoms with E-state index < -0.39 is 11.8 Å². The van der Waals surface area contributed by atoms with Crippen LogP contribution in [0.25, 0.3) is 0 Å². The van der Waals surface area contributed by atoms with Crippen LogP contribution in [0.1, 0.15) is 0 Å². The minimum absolute atomic E-state index is 0.0152. The van der Waals surface area contributed by atoms with Crippen LogP contribution in [0.2, 0.25) is 0 Å². The van der Waals surface area contributed by atoms with Crippen molar-refractivity contribution in [2.24, 2.45) is 0 Å². The van der Waals surface area contributed by atoms with Crippen LogP contribution in [0, 0.1) is 0 Å². The molecule has 23 heavy (non-hydrogen) atoms. The molecular weight excluding hydrogens is 296 g/mol. The van der Waals surface area contributed by atoms with Crippen LogP contribution in [0.3, 0.4) is 0 Å². The molecule has 1 aromatic rings. The summed E-state index contributed by atoms with van der Waals surface area (Å²) >= 11 is 0. The fourth-order valence-corrected chi connectivity index (χ4v) is 2.74. The molecule has 1 saturated heterocycles. The Hall–Kier alpha value is -2.38. The number of aliphatic hydroxyl groups excluding tert-OH is 1. The molecule has 0 bridgehead atoms. The molecule has 3 rings (SSSR count). The normalized spacial score (nSPS) is 18.4. The van der Waals surface area contributed by atoms with Gasteiger partial charge in [0.25, 0.3) is 11.8 Å². The van der Waals surface area contributed by atoms with E-state index in [2.05, 4.69) is 15.5 Å². The number of benzene rings is 1. The Morgan fingerprint density at radius 2 is 1.83 bits per heavy atom. The lowest BCUT2D eigenvalue weighted by molar-refractivity contribution is -0.137. The van der Waals surface area contributed by atoms with Gasteiger partial charge in [-0.05, 0) is 24.3 Å². The summed E-state index contributed by atoms with van der Waals surface area (Å²) in [4.78, 5) is 27.1. The Morgan fingerprint density at radius 1 is 1.13 bits per heavy atom. The number of carbonyl (C=O) groups is 2. The van der Waals surface area contributed by atoms with Crippen molar-refractivity contribution in [1.82, 2.24) is 10.2 Å². The third-order valence-electron chi connectivity index (χ3n) is 3.96. The van der Waals surface area contributed by atoms with Gasteiger partial charge in [0.05, 0.1) is 13.2 Å². The number of amides is 2. The maximum atomic E-state index is 12.1. The molecule has 122 valence electrons. The van der Waals surface area contributed by atoms with Gasteiger partial charge in [0, 0.05) is 43.6 Å². The molecule has 7 nitrogen and oxygen atoms in total. The monoisotopic (exact) mass is 316 g/mol. The minimum atomic E-state index is -0.407. The van der Waals surface area contributed by atoms with Crippen molar-refractivity contribution in [3.8, 4) is 0 Å². The number of piperazine rings is 1. The molecule has 0 aliphatic carbocycles. The SMILES string of the molecule is O=C1C=C(Nc2ccc(N3CCNCC3)cc2)C(=O)N1CCO. The molecule has 0 aromatic heterocycles. The molecule has 1 aromatic carbocycles. The van der Waals surface area contributed by atoms with Gasteiger partial charge < -0.3 is 20.6 Å². The fourth-order valence-electron chi connectivity index (χ4n) is 2.74. The van der Waals surface area contributed by atoms with Crippen molar-refractivity contribution in [2.75, 3.05) is 49.5 Å². The van der Waals surface area contributed by atoms with Gasteiger partial charge in [0.2, 0.25) is 0 Å². The van der Waals surface area contributed by atoms with Crippen molar-refractivity contribution in [3.05, 3.63) is 36.0 Å². The zero-order valence-electron chi connectivity index (χ0n) is 12.8. The second-order valence-corrected chi connectivity index (χ2v) is 5.49. The van der Waals surface area contributed by atoms with Crippen LogP contribution in [-0.4, -0.2) is 61.2 Å². The van der Waals surface area contributed by atoms with E-state index in [1.807, 2.05) is 24.3 Å². The van der Waals surface area contributed by atoms with E-state index in [1.54, 1.807) is 0 Å². The number of hydrogen-bond donors (Lipinski definition) is 3. The summed E-state index contributed by atoms with van der Waals surface area (Å²) in [6, 6.07) is 7.79. The summed E-state index contributed by atoms with van der Waals surface area (Å²) in [6.07, 6.45) is 1.27. The summed E-state index contributed by atoms with van der Waals surface area (Å²) in [5.41, 5.74) is 2.13. The number of β-amino-alcohol motifs (C(OH)–C–C–N with tert-alkyl or cyclic N) is 1. The van der Waals surface area contributed by atoms with E-state index in [0.29, 0.717) is 0 Å². The Morgan fingerprint density at radius 3 is 2.48 bits per heavy atom. The number of carbonyl (C=O) groups excluding carboxylic acids is 2. The fraction of sp³-hybridized carbons (Fsp3) is 0.375. The standard InChI is InChI=1S/C16H20N4O3/c21-10-9-20-15(22)11-14(16(20)23)18-12-1-3-13(4-2-12)19-7-5-17-6-8-19/h1-4,11,17-18,21H,5-10H2. The highest BCUT2D eigenvalue weighted by atomic mass is 16.3. The largest absolute Gasteiger partial charge is 0.395 e. The third-order valence-corrected chi connectivity index (χ3v) is 3.96. The van der Waals surface area contributed by atoms with Crippen LogP contribution in [-0.2, 0) is 9.59 Å². The minimum Gasteiger partial charge on any atom is -0.395 e. The Labute approximate surface area is 134 Å². The highest BCUT2D eigenvalue weighted by molar-refractivity contribution is 6.17. The first-order valence-electron chi connectivity index (χ1n) is 7.70. The van der Waals surface area contributed by atoms with Crippen LogP contribution in [0.5, 0.6) is 0 Å². The van der Waals surface area contributed by atoms with Crippen LogP contribution >= 0.6 is 0 Å². The maximum absolute atomic E-state index is 12.1. The first-order chi connectivity index (χ1) is 11.2. The summed E-state index contributed by atoms with van der Waals surface area (Å²) in [7, 11) is 0. The lowest BCUT2D eigenvalue weighted by atomic mass is 10.2. The van der Waals surface area contributed by atoms with Crippen LogP contribution in [0.4, 0.5) is 11.4 Å². The predicted molar refractivity (Wildman–Crippen MR) is 87.0 cm³/mol. The molecular formula is C16H20N4O3. The number of aliphatic hydroxyl groups is 1. The van der Waals surface area contributed by atoms with E-state index in [4.69, 9.17) is 5.11 Å². The van der Waals surface area contributed by atoms with Gasteiger partial charge >= 0.3 is 0 Å². The van der Waals surface area contributed by atoms with Crippen LogP contribution in [0.15, 0.2) is 36.0 Å². The smallest absolute Gasteiger partial charge is 0.277 e. The lowest BCUT2D eigenvalue weighted by Gasteiger charge is -2.29. The van der Waals surface area contributed by atoms with E-state index in [9.17, 15) is 9.59 Å². The second kappa shape index (κ2) is 6.80. The van der Waals surface area contributed by atoms with Crippen molar-refractivity contribution in [1.29, 1.82) is 0 Å². The van der Waals surface area contributed by atoms with E-state index in [1.165, 1.54) is 6.08 Å². The molecule has 2 aliphatic rings. The van der Waals surface area contributed by atoms with Crippen molar-refractivity contribution < 1.29 is 14.7 Å². The van der Waals surface area contributed by atoms with Crippen LogP contribution < -0.4 is 15.5 Å².